The molecule has 0 aliphatic heterocycles. The van der Waals surface area contributed by atoms with Gasteiger partial charge in [0, 0.05) is 20.3 Å². The van der Waals surface area contributed by atoms with Crippen molar-refractivity contribution in [1.29, 1.82) is 0 Å². The van der Waals surface area contributed by atoms with Gasteiger partial charge in [-0.3, -0.25) is 0 Å². The van der Waals surface area contributed by atoms with Crippen LogP contribution in [0.4, 0.5) is 11.6 Å². The van der Waals surface area contributed by atoms with Crippen LogP contribution in [0, 0.1) is 0 Å². The lowest BCUT2D eigenvalue weighted by molar-refractivity contribution is 0.0691. The average molecular weight is 285 g/mol. The number of hydrogen-bond donors (Lipinski definition) is 3. The predicted octanol–water partition coefficient (Wildman–Crippen LogP) is 0.626. The number of nitrogens with one attached hydrogen (secondary N) is 2. The zero-order valence-corrected chi connectivity index (χ0v) is 12.0. The van der Waals surface area contributed by atoms with E-state index in [2.05, 4.69) is 20.7 Å². The summed E-state index contributed by atoms with van der Waals surface area (Å²) >= 11 is 0. The van der Waals surface area contributed by atoms with Crippen LogP contribution in [0.1, 0.15) is 12.8 Å². The van der Waals surface area contributed by atoms with Crippen molar-refractivity contribution in [1.82, 2.24) is 9.97 Å². The predicted molar refractivity (Wildman–Crippen MR) is 76.8 cm³/mol. The molecule has 1 heterocycles. The van der Waals surface area contributed by atoms with Gasteiger partial charge in [0.15, 0.2) is 11.6 Å². The van der Waals surface area contributed by atoms with Crippen molar-refractivity contribution in [3.63, 3.8) is 0 Å². The third-order valence-corrected chi connectivity index (χ3v) is 2.58. The molecule has 0 bridgehead atoms. The van der Waals surface area contributed by atoms with E-state index in [-0.39, 0.29) is 0 Å². The summed E-state index contributed by atoms with van der Waals surface area (Å²) in [5.74, 6) is 6.93. The number of methoxy groups -OCH3 is 2. The number of hydrazine groups is 1. The Hall–Kier alpha value is -1.64. The molecule has 1 aromatic rings. The summed E-state index contributed by atoms with van der Waals surface area (Å²) in [7, 11) is 3.21. The largest absolute Gasteiger partial charge is 0.490 e. The van der Waals surface area contributed by atoms with Gasteiger partial charge in [-0.2, -0.15) is 0 Å². The van der Waals surface area contributed by atoms with E-state index in [0.717, 1.165) is 26.0 Å². The molecule has 0 amide bonds. The third kappa shape index (κ3) is 5.55. The fourth-order valence-corrected chi connectivity index (χ4v) is 1.58. The van der Waals surface area contributed by atoms with Crippen LogP contribution in [0.2, 0.25) is 0 Å². The maximum Gasteiger partial charge on any atom is 0.205 e. The number of anilines is 2. The first-order chi connectivity index (χ1) is 9.83. The molecule has 0 saturated heterocycles. The highest BCUT2D eigenvalue weighted by Crippen LogP contribution is 2.27. The summed E-state index contributed by atoms with van der Waals surface area (Å²) in [5, 5.41) is 3.19. The van der Waals surface area contributed by atoms with Gasteiger partial charge >= 0.3 is 0 Å². The van der Waals surface area contributed by atoms with Crippen LogP contribution < -0.4 is 21.3 Å². The first kappa shape index (κ1) is 16.4. The third-order valence-electron chi connectivity index (χ3n) is 2.58. The lowest BCUT2D eigenvalue weighted by atomic mass is 10.3. The van der Waals surface area contributed by atoms with Gasteiger partial charge in [-0.25, -0.2) is 15.8 Å². The first-order valence-electron chi connectivity index (χ1n) is 6.49. The number of nitrogens with two attached hydrogens (primary N) is 1. The second-order valence-corrected chi connectivity index (χ2v) is 3.99. The SMILES string of the molecule is COCCOCCCCNc1ncnc(NN)c1OC. The molecule has 8 heteroatoms. The molecule has 20 heavy (non-hydrogen) atoms. The fourth-order valence-electron chi connectivity index (χ4n) is 1.58. The van der Waals surface area contributed by atoms with E-state index in [4.69, 9.17) is 20.1 Å². The molecule has 114 valence electrons. The van der Waals surface area contributed by atoms with Crippen molar-refractivity contribution < 1.29 is 14.2 Å². The van der Waals surface area contributed by atoms with E-state index >= 15 is 0 Å². The van der Waals surface area contributed by atoms with E-state index in [9.17, 15) is 0 Å². The zero-order chi connectivity index (χ0) is 14.6. The van der Waals surface area contributed by atoms with Crippen molar-refractivity contribution in [2.75, 3.05) is 51.3 Å². The van der Waals surface area contributed by atoms with E-state index < -0.39 is 0 Å². The van der Waals surface area contributed by atoms with Crippen LogP contribution in [0.5, 0.6) is 5.75 Å². The summed E-state index contributed by atoms with van der Waals surface area (Å²) in [6.45, 7) is 2.76. The van der Waals surface area contributed by atoms with Gasteiger partial charge in [0.1, 0.15) is 6.33 Å². The maximum atomic E-state index is 5.38. The van der Waals surface area contributed by atoms with Crippen LogP contribution >= 0.6 is 0 Å². The normalized spacial score (nSPS) is 10.3. The zero-order valence-electron chi connectivity index (χ0n) is 12.0. The highest BCUT2D eigenvalue weighted by Gasteiger charge is 2.10. The highest BCUT2D eigenvalue weighted by atomic mass is 16.5. The van der Waals surface area contributed by atoms with Gasteiger partial charge in [-0.05, 0) is 12.8 Å². The molecular weight excluding hydrogens is 262 g/mol. The van der Waals surface area contributed by atoms with Crippen LogP contribution in [0.25, 0.3) is 0 Å². The quantitative estimate of drug-likeness (QED) is 0.309. The number of nitrogens with zero attached hydrogens (tertiary/aromatic N) is 2. The smallest absolute Gasteiger partial charge is 0.205 e. The summed E-state index contributed by atoms with van der Waals surface area (Å²) < 4.78 is 15.5. The second kappa shape index (κ2) is 10.2. The highest BCUT2D eigenvalue weighted by molar-refractivity contribution is 5.62. The van der Waals surface area contributed by atoms with Crippen molar-refractivity contribution in [2.45, 2.75) is 12.8 Å². The Morgan fingerprint density at radius 3 is 2.60 bits per heavy atom. The molecule has 0 saturated carbocycles. The van der Waals surface area contributed by atoms with E-state index in [1.54, 1.807) is 14.2 Å². The van der Waals surface area contributed by atoms with Crippen LogP contribution in [-0.2, 0) is 9.47 Å². The minimum Gasteiger partial charge on any atom is -0.490 e. The Morgan fingerprint density at radius 2 is 1.90 bits per heavy atom. The van der Waals surface area contributed by atoms with Gasteiger partial charge in [-0.1, -0.05) is 0 Å². The molecule has 0 unspecified atom stereocenters. The van der Waals surface area contributed by atoms with Crippen molar-refractivity contribution >= 4 is 11.6 Å². The topological polar surface area (TPSA) is 104 Å². The second-order valence-electron chi connectivity index (χ2n) is 3.99. The summed E-state index contributed by atoms with van der Waals surface area (Å²) in [5.41, 5.74) is 2.47. The number of hydrogen-bond acceptors (Lipinski definition) is 8. The van der Waals surface area contributed by atoms with E-state index in [0.29, 0.717) is 30.6 Å². The van der Waals surface area contributed by atoms with Gasteiger partial charge in [0.05, 0.1) is 20.3 Å². The van der Waals surface area contributed by atoms with Crippen molar-refractivity contribution in [3.8, 4) is 5.75 Å². The molecule has 0 aliphatic carbocycles. The van der Waals surface area contributed by atoms with Gasteiger partial charge in [0.25, 0.3) is 0 Å². The van der Waals surface area contributed by atoms with Crippen LogP contribution in [0.15, 0.2) is 6.33 Å². The van der Waals surface area contributed by atoms with Crippen LogP contribution in [-0.4, -0.2) is 50.6 Å². The molecule has 0 atom stereocenters. The fraction of sp³-hybridized carbons (Fsp3) is 0.667. The molecular formula is C12H23N5O3. The van der Waals surface area contributed by atoms with Crippen LogP contribution in [0.3, 0.4) is 0 Å². The molecule has 4 N–H and O–H groups in total. The monoisotopic (exact) mass is 285 g/mol. The number of unbranched alkanes of at least 4 members (excludes halogenated alkanes) is 1. The van der Waals surface area contributed by atoms with Gasteiger partial charge in [0.2, 0.25) is 5.75 Å². The number of nitrogen functional groups attached to an aromatic ring is 1. The summed E-state index contributed by atoms with van der Waals surface area (Å²) in [6, 6.07) is 0. The summed E-state index contributed by atoms with van der Waals surface area (Å²) in [6.07, 6.45) is 3.35. The molecule has 0 aromatic carbocycles. The lowest BCUT2D eigenvalue weighted by Gasteiger charge is -2.12. The standard InChI is InChI=1S/C12H23N5O3/c1-18-7-8-20-6-4-3-5-14-11-10(19-2)12(17-13)16-9-15-11/h9H,3-8,13H2,1-2H3,(H2,14,15,16,17). The van der Waals surface area contributed by atoms with Gasteiger partial charge < -0.3 is 25.0 Å². The molecule has 1 aromatic heterocycles. The minimum atomic E-state index is 0.452. The molecule has 1 rings (SSSR count). The lowest BCUT2D eigenvalue weighted by Crippen LogP contribution is -2.13. The Morgan fingerprint density at radius 1 is 1.10 bits per heavy atom. The average Bonchev–Trinajstić information content (AvgIpc) is 2.49. The number of rotatable bonds is 11. The number of aromatic nitrogens is 2. The molecule has 0 aliphatic rings. The number of ether oxygens (including phenoxy) is 3. The summed E-state index contributed by atoms with van der Waals surface area (Å²) in [4.78, 5) is 8.10. The van der Waals surface area contributed by atoms with E-state index in [1.165, 1.54) is 6.33 Å². The Kier molecular flexibility index (Phi) is 8.36. The Labute approximate surface area is 119 Å². The molecule has 0 fully saturated rings. The maximum absolute atomic E-state index is 5.38. The molecule has 8 nitrogen and oxygen atoms in total. The minimum absolute atomic E-state index is 0.452. The van der Waals surface area contributed by atoms with Gasteiger partial charge in [-0.15, -0.1) is 0 Å². The van der Waals surface area contributed by atoms with E-state index in [1.807, 2.05) is 0 Å². The molecule has 0 spiro atoms. The van der Waals surface area contributed by atoms with Crippen molar-refractivity contribution in [3.05, 3.63) is 6.33 Å². The Balaban J connectivity index is 2.25. The molecule has 0 radical (unpaired) electrons. The first-order valence-corrected chi connectivity index (χ1v) is 6.49. The Bertz CT molecular complexity index is 378. The van der Waals surface area contributed by atoms with Crippen molar-refractivity contribution in [2.24, 2.45) is 5.84 Å².